The number of nitrogens with one attached hydrogen (secondary N) is 1. The summed E-state index contributed by atoms with van der Waals surface area (Å²) in [7, 11) is 0. The van der Waals surface area contributed by atoms with Crippen molar-refractivity contribution in [1.82, 2.24) is 29.7 Å². The molecular formula is C21H21N7O2S2. The molecule has 11 heteroatoms. The first kappa shape index (κ1) is 20.0. The second kappa shape index (κ2) is 8.07. The van der Waals surface area contributed by atoms with Crippen LogP contribution in [-0.4, -0.2) is 66.4 Å². The van der Waals surface area contributed by atoms with Crippen molar-refractivity contribution in [2.45, 2.75) is 41.3 Å². The number of aliphatic hydroxyl groups excluding tert-OH is 1. The van der Waals surface area contributed by atoms with Crippen LogP contribution in [0.4, 0.5) is 5.13 Å². The van der Waals surface area contributed by atoms with E-state index < -0.39 is 0 Å². The molecule has 4 heterocycles. The number of nitrogens with zero attached hydrogens (tertiary/aromatic N) is 6. The number of aliphatic hydroxyl groups is 1. The van der Waals surface area contributed by atoms with E-state index in [1.165, 1.54) is 35.9 Å². The molecule has 1 saturated heterocycles. The molecule has 1 aliphatic heterocycles. The summed E-state index contributed by atoms with van der Waals surface area (Å²) in [6, 6.07) is 10.0. The van der Waals surface area contributed by atoms with Crippen LogP contribution >= 0.6 is 23.1 Å². The summed E-state index contributed by atoms with van der Waals surface area (Å²) in [4.78, 5) is 19.8. The summed E-state index contributed by atoms with van der Waals surface area (Å²) in [5.41, 5.74) is 2.68. The van der Waals surface area contributed by atoms with E-state index in [0.29, 0.717) is 24.0 Å². The Hall–Kier alpha value is -2.60. The van der Waals surface area contributed by atoms with Gasteiger partial charge in [0.05, 0.1) is 28.6 Å². The van der Waals surface area contributed by atoms with Gasteiger partial charge in [-0.15, -0.1) is 10.2 Å². The van der Waals surface area contributed by atoms with Gasteiger partial charge in [-0.3, -0.25) is 9.69 Å². The number of benzene rings is 1. The molecule has 2 N–H and O–H groups in total. The predicted molar refractivity (Wildman–Crippen MR) is 122 cm³/mol. The minimum atomic E-state index is -0.334. The zero-order chi connectivity index (χ0) is 21.7. The molecule has 1 unspecified atom stereocenters. The van der Waals surface area contributed by atoms with E-state index in [1.807, 2.05) is 33.7 Å². The first-order valence-corrected chi connectivity index (χ1v) is 12.2. The average molecular weight is 468 g/mol. The van der Waals surface area contributed by atoms with E-state index in [2.05, 4.69) is 26.6 Å². The third-order valence-corrected chi connectivity index (χ3v) is 7.54. The maximum absolute atomic E-state index is 12.3. The number of amides is 1. The fourth-order valence-electron chi connectivity index (χ4n) is 3.89. The standard InChI is InChI=1S/C21H21N7O2S2/c29-13-7-8-27(10-13)11-19(30)23-20-22-16-4-3-14(9-17(16)32-20)31-21-25-24-18-6-5-15(12-1-2-12)26-28(18)21/h3-6,9,12-13,29H,1-2,7-8,10-11H2,(H,22,23,30). The van der Waals surface area contributed by atoms with Crippen molar-refractivity contribution >= 4 is 50.0 Å². The van der Waals surface area contributed by atoms with E-state index >= 15 is 0 Å². The molecule has 2 fully saturated rings. The number of carbonyl (C=O) groups excluding carboxylic acids is 1. The molecule has 1 aromatic carbocycles. The molecule has 164 valence electrons. The molecule has 0 spiro atoms. The van der Waals surface area contributed by atoms with E-state index in [0.717, 1.165) is 38.2 Å². The van der Waals surface area contributed by atoms with Crippen LogP contribution in [-0.2, 0) is 4.79 Å². The summed E-state index contributed by atoms with van der Waals surface area (Å²) in [6.45, 7) is 1.55. The molecule has 0 radical (unpaired) electrons. The van der Waals surface area contributed by atoms with Crippen molar-refractivity contribution in [3.8, 4) is 0 Å². The van der Waals surface area contributed by atoms with Gasteiger partial charge in [0.1, 0.15) is 0 Å². The number of β-amino-alcohol motifs (C(OH)–C–C–N with tert-alkyl or cyclic N) is 1. The maximum atomic E-state index is 12.3. The van der Waals surface area contributed by atoms with Gasteiger partial charge in [0, 0.05) is 23.9 Å². The zero-order valence-electron chi connectivity index (χ0n) is 17.1. The summed E-state index contributed by atoms with van der Waals surface area (Å²) in [5.74, 6) is 0.456. The molecule has 3 aromatic heterocycles. The molecule has 9 nitrogen and oxygen atoms in total. The van der Waals surface area contributed by atoms with E-state index in [-0.39, 0.29) is 18.6 Å². The van der Waals surface area contributed by atoms with Gasteiger partial charge >= 0.3 is 0 Å². The lowest BCUT2D eigenvalue weighted by molar-refractivity contribution is -0.117. The first-order valence-electron chi connectivity index (χ1n) is 10.6. The lowest BCUT2D eigenvalue weighted by atomic mass is 10.3. The Morgan fingerprint density at radius 3 is 2.94 bits per heavy atom. The Balaban J connectivity index is 1.18. The molecular weight excluding hydrogens is 446 g/mol. The van der Waals surface area contributed by atoms with Crippen LogP contribution in [0.5, 0.6) is 0 Å². The van der Waals surface area contributed by atoms with Crippen LogP contribution in [0.3, 0.4) is 0 Å². The van der Waals surface area contributed by atoms with Gasteiger partial charge in [-0.25, -0.2) is 4.98 Å². The van der Waals surface area contributed by atoms with E-state index in [9.17, 15) is 9.90 Å². The van der Waals surface area contributed by atoms with Crippen LogP contribution in [0.2, 0.25) is 0 Å². The molecule has 1 aliphatic carbocycles. The Morgan fingerprint density at radius 2 is 2.12 bits per heavy atom. The minimum absolute atomic E-state index is 0.111. The number of hydrogen-bond acceptors (Lipinski definition) is 9. The molecule has 32 heavy (non-hydrogen) atoms. The third-order valence-electron chi connectivity index (χ3n) is 5.68. The van der Waals surface area contributed by atoms with E-state index in [4.69, 9.17) is 5.10 Å². The second-order valence-electron chi connectivity index (χ2n) is 8.26. The fourth-order valence-corrected chi connectivity index (χ4v) is 5.71. The maximum Gasteiger partial charge on any atom is 0.240 e. The topological polar surface area (TPSA) is 109 Å². The molecule has 4 aromatic rings. The highest BCUT2D eigenvalue weighted by molar-refractivity contribution is 7.99. The quantitative estimate of drug-likeness (QED) is 0.446. The SMILES string of the molecule is O=C(CN1CCC(O)C1)Nc1nc2ccc(Sc3nnc4ccc(C5CC5)nn34)cc2s1. The Kier molecular flexibility index (Phi) is 5.05. The van der Waals surface area contributed by atoms with Crippen molar-refractivity contribution in [2.75, 3.05) is 25.0 Å². The number of thiazole rings is 1. The van der Waals surface area contributed by atoms with Gasteiger partial charge in [0.25, 0.3) is 0 Å². The molecule has 1 saturated carbocycles. The summed E-state index contributed by atoms with van der Waals surface area (Å²) in [5, 5.41) is 27.1. The first-order chi connectivity index (χ1) is 15.6. The van der Waals surface area contributed by atoms with Crippen molar-refractivity contribution in [2.24, 2.45) is 0 Å². The summed E-state index contributed by atoms with van der Waals surface area (Å²) in [6.07, 6.45) is 2.78. The molecule has 0 bridgehead atoms. The summed E-state index contributed by atoms with van der Waals surface area (Å²) < 4.78 is 2.80. The number of carbonyl (C=O) groups is 1. The lowest BCUT2D eigenvalue weighted by Gasteiger charge is -2.13. The third kappa shape index (κ3) is 4.08. The van der Waals surface area contributed by atoms with Gasteiger partial charge in [0.2, 0.25) is 11.1 Å². The number of aromatic nitrogens is 5. The average Bonchev–Trinajstić information content (AvgIpc) is 3.26. The molecule has 1 amide bonds. The Morgan fingerprint density at radius 1 is 1.22 bits per heavy atom. The van der Waals surface area contributed by atoms with Gasteiger partial charge in [-0.05, 0) is 61.4 Å². The van der Waals surface area contributed by atoms with Crippen LogP contribution in [0, 0.1) is 0 Å². The zero-order valence-corrected chi connectivity index (χ0v) is 18.8. The number of fused-ring (bicyclic) bond motifs is 2. The number of hydrogen-bond donors (Lipinski definition) is 2. The number of likely N-dealkylation sites (tertiary alicyclic amines) is 1. The van der Waals surface area contributed by atoms with Crippen molar-refractivity contribution in [3.05, 3.63) is 36.0 Å². The minimum Gasteiger partial charge on any atom is -0.392 e. The van der Waals surface area contributed by atoms with Crippen LogP contribution < -0.4 is 5.32 Å². The van der Waals surface area contributed by atoms with Crippen LogP contribution in [0.1, 0.15) is 30.9 Å². The molecule has 2 aliphatic rings. The van der Waals surface area contributed by atoms with Crippen molar-refractivity contribution in [3.63, 3.8) is 0 Å². The van der Waals surface area contributed by atoms with Gasteiger partial charge in [-0.1, -0.05) is 11.3 Å². The monoisotopic (exact) mass is 467 g/mol. The Labute approximate surface area is 191 Å². The normalized spacial score (nSPS) is 19.2. The number of anilines is 1. The summed E-state index contributed by atoms with van der Waals surface area (Å²) >= 11 is 2.96. The highest BCUT2D eigenvalue weighted by Gasteiger charge is 2.26. The predicted octanol–water partition coefficient (Wildman–Crippen LogP) is 2.77. The highest BCUT2D eigenvalue weighted by atomic mass is 32.2. The van der Waals surface area contributed by atoms with Crippen molar-refractivity contribution < 1.29 is 9.90 Å². The molecule has 6 rings (SSSR count). The van der Waals surface area contributed by atoms with Crippen LogP contribution in [0.25, 0.3) is 15.9 Å². The Bertz CT molecular complexity index is 1320. The lowest BCUT2D eigenvalue weighted by Crippen LogP contribution is -2.32. The number of rotatable bonds is 6. The van der Waals surface area contributed by atoms with Crippen LogP contribution in [0.15, 0.2) is 40.4 Å². The van der Waals surface area contributed by atoms with Gasteiger partial charge in [0.15, 0.2) is 10.8 Å². The van der Waals surface area contributed by atoms with E-state index in [1.54, 1.807) is 0 Å². The largest absolute Gasteiger partial charge is 0.392 e. The van der Waals surface area contributed by atoms with Gasteiger partial charge < -0.3 is 10.4 Å². The fraction of sp³-hybridized carbons (Fsp3) is 0.381. The smallest absolute Gasteiger partial charge is 0.240 e. The van der Waals surface area contributed by atoms with Crippen molar-refractivity contribution in [1.29, 1.82) is 0 Å². The second-order valence-corrected chi connectivity index (χ2v) is 10.3. The van der Waals surface area contributed by atoms with Gasteiger partial charge in [-0.2, -0.15) is 9.61 Å². The molecule has 1 atom stereocenters. The highest BCUT2D eigenvalue weighted by Crippen LogP contribution is 2.39.